The van der Waals surface area contributed by atoms with E-state index >= 15 is 0 Å². The monoisotopic (exact) mass is 174 g/mol. The zero-order valence-electron chi connectivity index (χ0n) is 8.47. The Morgan fingerprint density at radius 3 is 2.25 bits per heavy atom. The molecule has 0 aromatic rings. The van der Waals surface area contributed by atoms with Crippen LogP contribution in [0.15, 0.2) is 12.0 Å². The Balaban J connectivity index is 3.84. The van der Waals surface area contributed by atoms with Gasteiger partial charge in [0, 0.05) is 25.3 Å². The second kappa shape index (κ2) is 6.00. The van der Waals surface area contributed by atoms with Crippen molar-refractivity contribution < 1.29 is 4.39 Å². The highest BCUT2D eigenvalue weighted by Gasteiger charge is 2.02. The molecule has 3 heteroatoms. The molecule has 0 aliphatic rings. The van der Waals surface area contributed by atoms with Crippen LogP contribution in [0.4, 0.5) is 4.39 Å². The standard InChI is InChI=1S/C9H19FN2/c1-5-12(9(2)8-10)7-6-11(3)4/h8H,5-7H2,1-4H3/b9-8-. The van der Waals surface area contributed by atoms with Crippen molar-refractivity contribution in [3.63, 3.8) is 0 Å². The van der Waals surface area contributed by atoms with Gasteiger partial charge in [-0.15, -0.1) is 0 Å². The summed E-state index contributed by atoms with van der Waals surface area (Å²) in [5, 5.41) is 0. The summed E-state index contributed by atoms with van der Waals surface area (Å²) >= 11 is 0. The average molecular weight is 174 g/mol. The van der Waals surface area contributed by atoms with Gasteiger partial charge in [-0.25, -0.2) is 4.39 Å². The van der Waals surface area contributed by atoms with Gasteiger partial charge in [0.1, 0.15) is 6.33 Å². The molecular formula is C9H19FN2. The lowest BCUT2D eigenvalue weighted by Crippen LogP contribution is -2.30. The van der Waals surface area contributed by atoms with E-state index in [0.717, 1.165) is 19.6 Å². The summed E-state index contributed by atoms with van der Waals surface area (Å²) in [6, 6.07) is 0. The smallest absolute Gasteiger partial charge is 0.105 e. The first kappa shape index (κ1) is 11.4. The molecule has 0 heterocycles. The largest absolute Gasteiger partial charge is 0.372 e. The molecule has 0 aromatic heterocycles. The molecule has 0 bridgehead atoms. The summed E-state index contributed by atoms with van der Waals surface area (Å²) in [7, 11) is 4.03. The van der Waals surface area contributed by atoms with Crippen LogP contribution >= 0.6 is 0 Å². The van der Waals surface area contributed by atoms with Crippen LogP contribution in [0.1, 0.15) is 13.8 Å². The summed E-state index contributed by atoms with van der Waals surface area (Å²) in [6.07, 6.45) is 0.666. The van der Waals surface area contributed by atoms with E-state index in [0.29, 0.717) is 12.0 Å². The molecule has 0 N–H and O–H groups in total. The van der Waals surface area contributed by atoms with Crippen molar-refractivity contribution in [2.45, 2.75) is 13.8 Å². The molecule has 0 aliphatic carbocycles. The summed E-state index contributed by atoms with van der Waals surface area (Å²) in [5.74, 6) is 0. The summed E-state index contributed by atoms with van der Waals surface area (Å²) < 4.78 is 12.1. The lowest BCUT2D eigenvalue weighted by Gasteiger charge is -2.24. The van der Waals surface area contributed by atoms with Crippen LogP contribution in [0, 0.1) is 0 Å². The van der Waals surface area contributed by atoms with Crippen LogP contribution in [0.2, 0.25) is 0 Å². The van der Waals surface area contributed by atoms with Gasteiger partial charge in [-0.3, -0.25) is 0 Å². The Labute approximate surface area is 74.7 Å². The predicted octanol–water partition coefficient (Wildman–Crippen LogP) is 1.70. The minimum atomic E-state index is 0.666. The minimum Gasteiger partial charge on any atom is -0.372 e. The van der Waals surface area contributed by atoms with Crippen LogP contribution in [-0.4, -0.2) is 43.5 Å². The molecule has 0 saturated carbocycles. The molecule has 0 rings (SSSR count). The zero-order chi connectivity index (χ0) is 9.56. The van der Waals surface area contributed by atoms with Crippen molar-refractivity contribution in [3.05, 3.63) is 12.0 Å². The number of hydrogen-bond donors (Lipinski definition) is 0. The van der Waals surface area contributed by atoms with E-state index in [-0.39, 0.29) is 0 Å². The first-order chi connectivity index (χ1) is 5.61. The predicted molar refractivity (Wildman–Crippen MR) is 50.7 cm³/mol. The Bertz CT molecular complexity index is 143. The van der Waals surface area contributed by atoms with Gasteiger partial charge in [-0.05, 0) is 27.9 Å². The van der Waals surface area contributed by atoms with Crippen LogP contribution in [-0.2, 0) is 0 Å². The highest BCUT2D eigenvalue weighted by atomic mass is 19.1. The van der Waals surface area contributed by atoms with Crippen LogP contribution in [0.3, 0.4) is 0 Å². The van der Waals surface area contributed by atoms with E-state index in [1.54, 1.807) is 6.92 Å². The van der Waals surface area contributed by atoms with Crippen LogP contribution < -0.4 is 0 Å². The fourth-order valence-electron chi connectivity index (χ4n) is 0.974. The molecule has 0 aromatic carbocycles. The van der Waals surface area contributed by atoms with Crippen molar-refractivity contribution >= 4 is 0 Å². The van der Waals surface area contributed by atoms with Gasteiger partial charge in [0.05, 0.1) is 0 Å². The fraction of sp³-hybridized carbons (Fsp3) is 0.778. The van der Waals surface area contributed by atoms with Crippen molar-refractivity contribution in [3.8, 4) is 0 Å². The van der Waals surface area contributed by atoms with E-state index in [2.05, 4.69) is 4.90 Å². The summed E-state index contributed by atoms with van der Waals surface area (Å²) in [4.78, 5) is 4.11. The lowest BCUT2D eigenvalue weighted by atomic mass is 10.4. The molecule has 0 radical (unpaired) electrons. The number of hydrogen-bond acceptors (Lipinski definition) is 2. The number of rotatable bonds is 5. The second-order valence-electron chi connectivity index (χ2n) is 3.13. The first-order valence-corrected chi connectivity index (χ1v) is 4.28. The van der Waals surface area contributed by atoms with Crippen molar-refractivity contribution in [2.75, 3.05) is 33.7 Å². The molecule has 0 atom stereocenters. The average Bonchev–Trinajstić information content (AvgIpc) is 2.04. The zero-order valence-corrected chi connectivity index (χ0v) is 8.47. The Morgan fingerprint density at radius 2 is 1.92 bits per heavy atom. The van der Waals surface area contributed by atoms with Gasteiger partial charge in [-0.1, -0.05) is 0 Å². The Hall–Kier alpha value is -0.570. The van der Waals surface area contributed by atoms with Gasteiger partial charge in [0.25, 0.3) is 0 Å². The van der Waals surface area contributed by atoms with Gasteiger partial charge in [0.15, 0.2) is 0 Å². The number of halogens is 1. The normalized spacial score (nSPS) is 12.3. The Morgan fingerprint density at radius 1 is 1.33 bits per heavy atom. The first-order valence-electron chi connectivity index (χ1n) is 4.28. The maximum Gasteiger partial charge on any atom is 0.105 e. The molecule has 0 amide bonds. The fourth-order valence-corrected chi connectivity index (χ4v) is 0.974. The minimum absolute atomic E-state index is 0.666. The van der Waals surface area contributed by atoms with Crippen molar-refractivity contribution in [1.82, 2.24) is 9.80 Å². The highest BCUT2D eigenvalue weighted by Crippen LogP contribution is 2.02. The Kier molecular flexibility index (Phi) is 5.72. The molecule has 72 valence electrons. The van der Waals surface area contributed by atoms with Gasteiger partial charge in [-0.2, -0.15) is 0 Å². The maximum absolute atomic E-state index is 12.1. The number of allylic oxidation sites excluding steroid dienone is 1. The molecule has 0 fully saturated rings. The summed E-state index contributed by atoms with van der Waals surface area (Å²) in [6.45, 7) is 6.52. The van der Waals surface area contributed by atoms with E-state index < -0.39 is 0 Å². The molecule has 2 nitrogen and oxygen atoms in total. The van der Waals surface area contributed by atoms with E-state index in [1.807, 2.05) is 25.9 Å². The molecule has 0 aliphatic heterocycles. The lowest BCUT2D eigenvalue weighted by molar-refractivity contribution is 0.295. The van der Waals surface area contributed by atoms with E-state index in [1.165, 1.54) is 0 Å². The van der Waals surface area contributed by atoms with Crippen molar-refractivity contribution in [1.29, 1.82) is 0 Å². The molecule has 12 heavy (non-hydrogen) atoms. The second-order valence-corrected chi connectivity index (χ2v) is 3.13. The third-order valence-corrected chi connectivity index (χ3v) is 1.86. The van der Waals surface area contributed by atoms with Gasteiger partial charge >= 0.3 is 0 Å². The number of likely N-dealkylation sites (N-methyl/N-ethyl adjacent to an activating group) is 2. The highest BCUT2D eigenvalue weighted by molar-refractivity contribution is 4.91. The third-order valence-electron chi connectivity index (χ3n) is 1.86. The van der Waals surface area contributed by atoms with Gasteiger partial charge < -0.3 is 9.80 Å². The topological polar surface area (TPSA) is 6.48 Å². The molecule has 0 spiro atoms. The van der Waals surface area contributed by atoms with Crippen molar-refractivity contribution in [2.24, 2.45) is 0 Å². The van der Waals surface area contributed by atoms with E-state index in [4.69, 9.17) is 0 Å². The molecule has 0 unspecified atom stereocenters. The number of nitrogens with zero attached hydrogens (tertiary/aromatic N) is 2. The maximum atomic E-state index is 12.1. The van der Waals surface area contributed by atoms with E-state index in [9.17, 15) is 4.39 Å². The quantitative estimate of drug-likeness (QED) is 0.626. The van der Waals surface area contributed by atoms with Gasteiger partial charge in [0.2, 0.25) is 0 Å². The SMILES string of the molecule is CCN(CCN(C)C)/C(C)=C\F. The summed E-state index contributed by atoms with van der Waals surface area (Å²) in [5.41, 5.74) is 0.708. The van der Waals surface area contributed by atoms with Crippen LogP contribution in [0.5, 0.6) is 0 Å². The third kappa shape index (κ3) is 4.34. The van der Waals surface area contributed by atoms with Crippen LogP contribution in [0.25, 0.3) is 0 Å². The molecule has 0 saturated heterocycles. The molecular weight excluding hydrogens is 155 g/mol.